The van der Waals surface area contributed by atoms with Crippen LogP contribution in [0.3, 0.4) is 0 Å². The van der Waals surface area contributed by atoms with Gasteiger partial charge in [0, 0.05) is 16.2 Å². The Labute approximate surface area is 178 Å². The molecule has 0 spiro atoms. The molecule has 6 heteroatoms. The van der Waals surface area contributed by atoms with Gasteiger partial charge in [-0.3, -0.25) is 14.6 Å². The summed E-state index contributed by atoms with van der Waals surface area (Å²) in [5.74, 6) is -0.671. The largest absolute Gasteiger partial charge is 0.466 e. The van der Waals surface area contributed by atoms with Crippen molar-refractivity contribution in [3.05, 3.63) is 82.6 Å². The van der Waals surface area contributed by atoms with E-state index in [0.717, 1.165) is 15.9 Å². The van der Waals surface area contributed by atoms with Crippen LogP contribution < -0.4 is 0 Å². The van der Waals surface area contributed by atoms with Crippen molar-refractivity contribution in [2.45, 2.75) is 25.4 Å². The molecule has 0 unspecified atom stereocenters. The van der Waals surface area contributed by atoms with Crippen LogP contribution in [0.5, 0.6) is 0 Å². The van der Waals surface area contributed by atoms with Gasteiger partial charge in [-0.05, 0) is 43.7 Å². The number of hydrogen-bond acceptors (Lipinski definition) is 5. The Kier molecular flexibility index (Phi) is 5.62. The number of aromatic nitrogens is 1. The lowest BCUT2D eigenvalue weighted by atomic mass is 9.95. The van der Waals surface area contributed by atoms with Crippen molar-refractivity contribution in [2.75, 3.05) is 6.61 Å². The number of fused-ring (bicyclic) bond motifs is 1. The summed E-state index contributed by atoms with van der Waals surface area (Å²) >= 11 is 3.41. The molecule has 148 valence electrons. The molecule has 5 nitrogen and oxygen atoms in total. The average molecular weight is 453 g/mol. The van der Waals surface area contributed by atoms with Gasteiger partial charge in [-0.2, -0.15) is 0 Å². The molecule has 2 aliphatic rings. The van der Waals surface area contributed by atoms with Gasteiger partial charge in [0.1, 0.15) is 0 Å². The van der Waals surface area contributed by atoms with E-state index in [0.29, 0.717) is 18.6 Å². The highest BCUT2D eigenvalue weighted by Crippen LogP contribution is 2.41. The molecule has 3 atom stereocenters. The SMILES string of the molecule is CCOC(=O)[C@@H]1C[C@H](C(=O)c2ccc(Br)cc2)N2C(c3ccccn3)=CC=C[C@H]12. The standard InChI is InChI=1S/C23H21BrN2O3/c1-2-29-23(28)17-14-21(22(27)15-9-11-16(24)12-10-15)26-19(17)7-5-8-20(26)18-6-3-4-13-25-18/h3-13,17,19,21H,2,14H2,1H3/t17-,19-,21-/m1/s1. The number of nitrogens with zero attached hydrogens (tertiary/aromatic N) is 2. The zero-order valence-corrected chi connectivity index (χ0v) is 17.6. The summed E-state index contributed by atoms with van der Waals surface area (Å²) in [4.78, 5) is 32.6. The zero-order chi connectivity index (χ0) is 20.4. The molecule has 2 aliphatic heterocycles. The highest BCUT2D eigenvalue weighted by Gasteiger charge is 2.49. The lowest BCUT2D eigenvalue weighted by Gasteiger charge is -2.34. The van der Waals surface area contributed by atoms with Gasteiger partial charge in [-0.1, -0.05) is 46.3 Å². The van der Waals surface area contributed by atoms with Gasteiger partial charge in [0.2, 0.25) is 0 Å². The van der Waals surface area contributed by atoms with E-state index >= 15 is 0 Å². The van der Waals surface area contributed by atoms with Crippen LogP contribution in [0.25, 0.3) is 5.70 Å². The third kappa shape index (κ3) is 3.77. The molecule has 2 aromatic rings. The number of carbonyl (C=O) groups is 2. The zero-order valence-electron chi connectivity index (χ0n) is 16.0. The van der Waals surface area contributed by atoms with Gasteiger partial charge in [0.15, 0.2) is 5.78 Å². The lowest BCUT2D eigenvalue weighted by Crippen LogP contribution is -2.41. The number of Topliss-reactive ketones (excluding diaryl/α,β-unsaturated/α-hetero) is 1. The van der Waals surface area contributed by atoms with E-state index in [-0.39, 0.29) is 17.8 Å². The van der Waals surface area contributed by atoms with Crippen molar-refractivity contribution in [1.29, 1.82) is 0 Å². The summed E-state index contributed by atoms with van der Waals surface area (Å²) in [5, 5.41) is 0. The molecule has 0 amide bonds. The predicted octanol–water partition coefficient (Wildman–Crippen LogP) is 4.26. The van der Waals surface area contributed by atoms with Crippen molar-refractivity contribution >= 4 is 33.4 Å². The molecule has 0 N–H and O–H groups in total. The maximum absolute atomic E-state index is 13.4. The second-order valence-electron chi connectivity index (χ2n) is 7.03. The second-order valence-corrected chi connectivity index (χ2v) is 7.95. The molecule has 1 aromatic heterocycles. The normalized spacial score (nSPS) is 22.8. The number of hydrogen-bond donors (Lipinski definition) is 0. The number of carbonyl (C=O) groups excluding carboxylic acids is 2. The van der Waals surface area contributed by atoms with Gasteiger partial charge in [0.25, 0.3) is 0 Å². The number of rotatable bonds is 5. The Morgan fingerprint density at radius 3 is 2.69 bits per heavy atom. The fourth-order valence-corrected chi connectivity index (χ4v) is 4.32. The summed E-state index contributed by atoms with van der Waals surface area (Å²) in [5.41, 5.74) is 2.25. The molecule has 0 radical (unpaired) electrons. The van der Waals surface area contributed by atoms with Crippen molar-refractivity contribution < 1.29 is 14.3 Å². The number of esters is 1. The van der Waals surface area contributed by atoms with Crippen LogP contribution in [-0.2, 0) is 9.53 Å². The third-order valence-electron chi connectivity index (χ3n) is 5.34. The van der Waals surface area contributed by atoms with E-state index < -0.39 is 12.0 Å². The molecule has 1 aromatic carbocycles. The van der Waals surface area contributed by atoms with E-state index in [1.165, 1.54) is 0 Å². The minimum atomic E-state index is -0.464. The van der Waals surface area contributed by atoms with Crippen LogP contribution in [0.1, 0.15) is 29.4 Å². The minimum absolute atomic E-state index is 0.00794. The van der Waals surface area contributed by atoms with E-state index in [2.05, 4.69) is 20.9 Å². The molecule has 29 heavy (non-hydrogen) atoms. The van der Waals surface area contributed by atoms with E-state index in [1.807, 2.05) is 65.6 Å². The molecule has 1 saturated heterocycles. The molecule has 4 rings (SSSR count). The number of benzene rings is 1. The number of pyridine rings is 1. The van der Waals surface area contributed by atoms with Gasteiger partial charge in [-0.15, -0.1) is 0 Å². The first-order chi connectivity index (χ1) is 14.1. The highest BCUT2D eigenvalue weighted by atomic mass is 79.9. The van der Waals surface area contributed by atoms with Gasteiger partial charge in [0.05, 0.1) is 36.0 Å². The van der Waals surface area contributed by atoms with Crippen molar-refractivity contribution in [3.63, 3.8) is 0 Å². The fraction of sp³-hybridized carbons (Fsp3) is 0.261. The first-order valence-electron chi connectivity index (χ1n) is 9.64. The monoisotopic (exact) mass is 452 g/mol. The maximum atomic E-state index is 13.4. The van der Waals surface area contributed by atoms with Crippen molar-refractivity contribution in [3.8, 4) is 0 Å². The number of ether oxygens (including phenoxy) is 1. The number of ketones is 1. The smallest absolute Gasteiger partial charge is 0.311 e. The van der Waals surface area contributed by atoms with E-state index in [9.17, 15) is 9.59 Å². The molecule has 1 fully saturated rings. The number of allylic oxidation sites excluding steroid dienone is 2. The summed E-state index contributed by atoms with van der Waals surface area (Å²) in [7, 11) is 0. The van der Waals surface area contributed by atoms with Crippen LogP contribution >= 0.6 is 15.9 Å². The average Bonchev–Trinajstić information content (AvgIpc) is 3.14. The molecule has 0 aliphatic carbocycles. The summed E-state index contributed by atoms with van der Waals surface area (Å²) < 4.78 is 6.23. The molecule has 3 heterocycles. The van der Waals surface area contributed by atoms with Gasteiger partial charge >= 0.3 is 5.97 Å². The van der Waals surface area contributed by atoms with Gasteiger partial charge < -0.3 is 9.64 Å². The van der Waals surface area contributed by atoms with E-state index in [1.54, 1.807) is 13.1 Å². The van der Waals surface area contributed by atoms with Crippen LogP contribution in [0.2, 0.25) is 0 Å². The second kappa shape index (κ2) is 8.33. The molecular weight excluding hydrogens is 432 g/mol. The number of halogens is 1. The highest BCUT2D eigenvalue weighted by molar-refractivity contribution is 9.10. The van der Waals surface area contributed by atoms with Gasteiger partial charge in [-0.25, -0.2) is 0 Å². The Morgan fingerprint density at radius 1 is 1.21 bits per heavy atom. The van der Waals surface area contributed by atoms with Crippen LogP contribution in [0, 0.1) is 5.92 Å². The Morgan fingerprint density at radius 2 is 2.00 bits per heavy atom. The molecular formula is C23H21BrN2O3. The topological polar surface area (TPSA) is 59.5 Å². The first kappa shape index (κ1) is 19.6. The summed E-state index contributed by atoms with van der Waals surface area (Å²) in [6.07, 6.45) is 8.00. The first-order valence-corrected chi connectivity index (χ1v) is 10.4. The fourth-order valence-electron chi connectivity index (χ4n) is 4.05. The lowest BCUT2D eigenvalue weighted by molar-refractivity contribution is -0.148. The summed E-state index contributed by atoms with van der Waals surface area (Å²) in [6.45, 7) is 2.12. The Bertz CT molecular complexity index is 969. The predicted molar refractivity (Wildman–Crippen MR) is 114 cm³/mol. The third-order valence-corrected chi connectivity index (χ3v) is 5.86. The van der Waals surface area contributed by atoms with Crippen molar-refractivity contribution in [1.82, 2.24) is 9.88 Å². The molecule has 0 bridgehead atoms. The van der Waals surface area contributed by atoms with Crippen LogP contribution in [0.15, 0.2) is 71.4 Å². The maximum Gasteiger partial charge on any atom is 0.311 e. The minimum Gasteiger partial charge on any atom is -0.466 e. The van der Waals surface area contributed by atoms with Crippen LogP contribution in [-0.4, -0.2) is 40.3 Å². The van der Waals surface area contributed by atoms with Crippen LogP contribution in [0.4, 0.5) is 0 Å². The van der Waals surface area contributed by atoms with Crippen molar-refractivity contribution in [2.24, 2.45) is 5.92 Å². The summed E-state index contributed by atoms with van der Waals surface area (Å²) in [6, 6.07) is 12.3. The molecule has 0 saturated carbocycles. The quantitative estimate of drug-likeness (QED) is 0.500. The Hall–Kier alpha value is -2.73. The Balaban J connectivity index is 1.73. The van der Waals surface area contributed by atoms with E-state index in [4.69, 9.17) is 4.74 Å².